The number of allylic oxidation sites excluding steroid dienone is 2. The first-order valence-corrected chi connectivity index (χ1v) is 11.0. The van der Waals surface area contributed by atoms with Crippen LogP contribution in [-0.2, 0) is 10.5 Å². The summed E-state index contributed by atoms with van der Waals surface area (Å²) >= 11 is 7.82. The first-order chi connectivity index (χ1) is 14.2. The van der Waals surface area contributed by atoms with E-state index in [9.17, 15) is 4.79 Å². The van der Waals surface area contributed by atoms with Crippen LogP contribution in [0.25, 0.3) is 0 Å². The van der Waals surface area contributed by atoms with Crippen LogP contribution in [0.5, 0.6) is 0 Å². The number of nitrogens with one attached hydrogen (secondary N) is 1. The third-order valence-corrected chi connectivity index (χ3v) is 6.53. The Balaban J connectivity index is 1.50. The molecular formula is C22H19ClN4OS. The Kier molecular flexibility index (Phi) is 4.89. The molecule has 2 aromatic carbocycles. The Hall–Kier alpha value is -2.57. The Morgan fingerprint density at radius 1 is 1.10 bits per heavy atom. The van der Waals surface area contributed by atoms with E-state index in [4.69, 9.17) is 21.7 Å². The van der Waals surface area contributed by atoms with Gasteiger partial charge in [-0.1, -0.05) is 71.9 Å². The molecular weight excluding hydrogens is 404 g/mol. The smallest absolute Gasteiger partial charge is 0.227 e. The van der Waals surface area contributed by atoms with Crippen LogP contribution in [0.4, 0.5) is 5.95 Å². The standard InChI is InChI=1S/C22H19ClN4OS/c23-16-10-5-4-9-15(16)13-29-22-25-21-24-17-11-6-12-18(28)19(17)20(27(21)26-22)14-7-2-1-3-8-14/h1-5,7-10,20H,6,11-13H2,(H,24,25,26). The third kappa shape index (κ3) is 3.47. The highest BCUT2D eigenvalue weighted by Crippen LogP contribution is 2.40. The number of thioether (sulfide) groups is 1. The van der Waals surface area contributed by atoms with Gasteiger partial charge < -0.3 is 5.32 Å². The Labute approximate surface area is 178 Å². The summed E-state index contributed by atoms with van der Waals surface area (Å²) in [5.41, 5.74) is 3.90. The lowest BCUT2D eigenvalue weighted by molar-refractivity contribution is -0.116. The molecule has 1 aliphatic carbocycles. The van der Waals surface area contributed by atoms with Gasteiger partial charge in [-0.15, -0.1) is 5.10 Å². The van der Waals surface area contributed by atoms with Crippen molar-refractivity contribution in [2.24, 2.45) is 0 Å². The van der Waals surface area contributed by atoms with Crippen molar-refractivity contribution < 1.29 is 4.79 Å². The van der Waals surface area contributed by atoms with Gasteiger partial charge in [0.15, 0.2) is 5.78 Å². The summed E-state index contributed by atoms with van der Waals surface area (Å²) in [7, 11) is 0. The summed E-state index contributed by atoms with van der Waals surface area (Å²) in [5.74, 6) is 1.57. The molecule has 0 fully saturated rings. The summed E-state index contributed by atoms with van der Waals surface area (Å²) in [6.45, 7) is 0. The van der Waals surface area contributed by atoms with E-state index in [0.717, 1.165) is 40.3 Å². The number of halogens is 1. The third-order valence-electron chi connectivity index (χ3n) is 5.28. The van der Waals surface area contributed by atoms with Crippen LogP contribution in [-0.4, -0.2) is 20.5 Å². The lowest BCUT2D eigenvalue weighted by Gasteiger charge is -2.32. The first kappa shape index (κ1) is 18.5. The minimum Gasteiger partial charge on any atom is -0.328 e. The molecule has 0 amide bonds. The van der Waals surface area contributed by atoms with Crippen molar-refractivity contribution >= 4 is 35.1 Å². The maximum Gasteiger partial charge on any atom is 0.227 e. The first-order valence-electron chi connectivity index (χ1n) is 9.61. The number of hydrogen-bond acceptors (Lipinski definition) is 5. The summed E-state index contributed by atoms with van der Waals surface area (Å²) in [5, 5.41) is 9.53. The van der Waals surface area contributed by atoms with Gasteiger partial charge in [0.2, 0.25) is 11.1 Å². The molecule has 2 aliphatic rings. The quantitative estimate of drug-likeness (QED) is 0.582. The van der Waals surface area contributed by atoms with Crippen molar-refractivity contribution in [2.45, 2.75) is 36.2 Å². The number of carbonyl (C=O) groups excluding carboxylic acids is 1. The molecule has 146 valence electrons. The Morgan fingerprint density at radius 3 is 2.72 bits per heavy atom. The summed E-state index contributed by atoms with van der Waals surface area (Å²) in [6.07, 6.45) is 2.32. The van der Waals surface area contributed by atoms with Gasteiger partial charge in [0.1, 0.15) is 6.04 Å². The zero-order valence-electron chi connectivity index (χ0n) is 15.6. The fourth-order valence-electron chi connectivity index (χ4n) is 3.90. The molecule has 0 spiro atoms. The van der Waals surface area contributed by atoms with Crippen LogP contribution in [0, 0.1) is 0 Å². The average Bonchev–Trinajstić information content (AvgIpc) is 3.15. The van der Waals surface area contributed by atoms with Gasteiger partial charge in [-0.2, -0.15) is 4.98 Å². The number of hydrogen-bond donors (Lipinski definition) is 1. The molecule has 2 heterocycles. The largest absolute Gasteiger partial charge is 0.328 e. The molecule has 3 aromatic rings. The van der Waals surface area contributed by atoms with Crippen molar-refractivity contribution in [2.75, 3.05) is 5.32 Å². The van der Waals surface area contributed by atoms with Crippen molar-refractivity contribution in [3.8, 4) is 0 Å². The van der Waals surface area contributed by atoms with Crippen LogP contribution >= 0.6 is 23.4 Å². The Bertz CT molecular complexity index is 1110. The summed E-state index contributed by atoms with van der Waals surface area (Å²) < 4.78 is 1.85. The monoisotopic (exact) mass is 422 g/mol. The molecule has 5 rings (SSSR count). The second kappa shape index (κ2) is 7.69. The fourth-order valence-corrected chi connectivity index (χ4v) is 5.01. The molecule has 0 radical (unpaired) electrons. The van der Waals surface area contributed by atoms with Crippen molar-refractivity contribution in [1.29, 1.82) is 0 Å². The van der Waals surface area contributed by atoms with Crippen LogP contribution in [0.3, 0.4) is 0 Å². The number of carbonyl (C=O) groups is 1. The van der Waals surface area contributed by atoms with E-state index in [1.807, 2.05) is 59.3 Å². The van der Waals surface area contributed by atoms with Gasteiger partial charge in [0.25, 0.3) is 0 Å². The molecule has 0 saturated carbocycles. The lowest BCUT2D eigenvalue weighted by atomic mass is 9.85. The summed E-state index contributed by atoms with van der Waals surface area (Å²) in [4.78, 5) is 17.5. The number of fused-ring (bicyclic) bond motifs is 1. The second-order valence-corrected chi connectivity index (χ2v) is 8.50. The molecule has 0 saturated heterocycles. The number of anilines is 1. The van der Waals surface area contributed by atoms with Crippen LogP contribution in [0.15, 0.2) is 71.0 Å². The average molecular weight is 423 g/mol. The van der Waals surface area contributed by atoms with E-state index < -0.39 is 0 Å². The number of rotatable bonds is 4. The number of ketones is 1. The molecule has 7 heteroatoms. The number of nitrogens with zero attached hydrogens (tertiary/aromatic N) is 3. The van der Waals surface area contributed by atoms with Crippen LogP contribution in [0.2, 0.25) is 5.02 Å². The van der Waals surface area contributed by atoms with E-state index in [0.29, 0.717) is 23.3 Å². The topological polar surface area (TPSA) is 59.8 Å². The molecule has 1 atom stereocenters. The van der Waals surface area contributed by atoms with Gasteiger partial charge in [0.05, 0.1) is 0 Å². The molecule has 0 bridgehead atoms. The Morgan fingerprint density at radius 2 is 1.90 bits per heavy atom. The van der Waals surface area contributed by atoms with E-state index in [2.05, 4.69) is 5.32 Å². The van der Waals surface area contributed by atoms with E-state index in [-0.39, 0.29) is 11.8 Å². The second-order valence-electron chi connectivity index (χ2n) is 7.15. The predicted octanol–water partition coefficient (Wildman–Crippen LogP) is 5.25. The number of benzene rings is 2. The number of aromatic nitrogens is 3. The zero-order valence-corrected chi connectivity index (χ0v) is 17.2. The van der Waals surface area contributed by atoms with E-state index in [1.54, 1.807) is 11.8 Å². The SMILES string of the molecule is O=C1CCCC2=C1C(c1ccccc1)n1nc(SCc3ccccc3Cl)nc1N2. The molecule has 1 unspecified atom stereocenters. The lowest BCUT2D eigenvalue weighted by Crippen LogP contribution is -2.31. The summed E-state index contributed by atoms with van der Waals surface area (Å²) in [6, 6.07) is 17.6. The number of Topliss-reactive ketones (excluding diaryl/α,β-unsaturated/α-hetero) is 1. The normalized spacial score (nSPS) is 18.2. The highest BCUT2D eigenvalue weighted by Gasteiger charge is 2.36. The fraction of sp³-hybridized carbons (Fsp3) is 0.227. The molecule has 1 aliphatic heterocycles. The molecule has 29 heavy (non-hydrogen) atoms. The predicted molar refractivity (Wildman–Crippen MR) is 115 cm³/mol. The highest BCUT2D eigenvalue weighted by molar-refractivity contribution is 7.98. The molecule has 1 aromatic heterocycles. The van der Waals surface area contributed by atoms with Gasteiger partial charge in [-0.3, -0.25) is 4.79 Å². The van der Waals surface area contributed by atoms with Crippen molar-refractivity contribution in [3.63, 3.8) is 0 Å². The van der Waals surface area contributed by atoms with E-state index in [1.165, 1.54) is 0 Å². The van der Waals surface area contributed by atoms with Crippen LogP contribution in [0.1, 0.15) is 36.4 Å². The van der Waals surface area contributed by atoms with Gasteiger partial charge in [-0.25, -0.2) is 4.68 Å². The van der Waals surface area contributed by atoms with E-state index >= 15 is 0 Å². The maximum absolute atomic E-state index is 12.8. The van der Waals surface area contributed by atoms with Gasteiger partial charge in [0, 0.05) is 28.5 Å². The molecule has 1 N–H and O–H groups in total. The highest BCUT2D eigenvalue weighted by atomic mass is 35.5. The maximum atomic E-state index is 12.8. The van der Waals surface area contributed by atoms with Crippen LogP contribution < -0.4 is 5.32 Å². The van der Waals surface area contributed by atoms with Gasteiger partial charge >= 0.3 is 0 Å². The zero-order chi connectivity index (χ0) is 19.8. The minimum atomic E-state index is -0.239. The van der Waals surface area contributed by atoms with Gasteiger partial charge in [-0.05, 0) is 30.0 Å². The van der Waals surface area contributed by atoms with Crippen molar-refractivity contribution in [3.05, 3.63) is 82.0 Å². The molecule has 5 nitrogen and oxygen atoms in total. The minimum absolute atomic E-state index is 0.194. The van der Waals surface area contributed by atoms with Crippen molar-refractivity contribution in [1.82, 2.24) is 14.8 Å².